The van der Waals surface area contributed by atoms with Crippen molar-refractivity contribution in [3.63, 3.8) is 0 Å². The first-order valence-corrected chi connectivity index (χ1v) is 20.4. The molecule has 5 atom stereocenters. The van der Waals surface area contributed by atoms with Gasteiger partial charge in [-0.2, -0.15) is 5.26 Å². The van der Waals surface area contributed by atoms with Crippen molar-refractivity contribution in [2.75, 3.05) is 47.8 Å². The number of aromatic nitrogens is 2. The van der Waals surface area contributed by atoms with E-state index in [0.29, 0.717) is 17.1 Å². The Labute approximate surface area is 341 Å². The highest BCUT2D eigenvalue weighted by Gasteiger charge is 2.51. The van der Waals surface area contributed by atoms with Crippen LogP contribution in [0.1, 0.15) is 62.6 Å². The highest BCUT2D eigenvalue weighted by molar-refractivity contribution is 7.44. The lowest BCUT2D eigenvalue weighted by molar-refractivity contribution is -0.0991. The van der Waals surface area contributed by atoms with Gasteiger partial charge in [0.05, 0.1) is 53.1 Å². The van der Waals surface area contributed by atoms with E-state index in [9.17, 15) is 14.9 Å². The second-order valence-corrected chi connectivity index (χ2v) is 15.7. The van der Waals surface area contributed by atoms with Crippen molar-refractivity contribution < 1.29 is 37.5 Å². The average Bonchev–Trinajstić information content (AvgIpc) is 3.56. The lowest BCUT2D eigenvalue weighted by Crippen LogP contribution is -2.44. The molecule has 1 saturated heterocycles. The number of methoxy groups -OCH3 is 3. The van der Waals surface area contributed by atoms with E-state index in [1.54, 1.807) is 28.3 Å². The summed E-state index contributed by atoms with van der Waals surface area (Å²) in [5.41, 5.74) is 0.384. The molecule has 5 rings (SSSR count). The second-order valence-electron chi connectivity index (χ2n) is 14.3. The van der Waals surface area contributed by atoms with Crippen LogP contribution >= 0.6 is 8.53 Å². The van der Waals surface area contributed by atoms with Crippen LogP contribution in [0.3, 0.4) is 0 Å². The number of ether oxygens (including phenoxy) is 6. The van der Waals surface area contributed by atoms with E-state index in [0.717, 1.165) is 16.7 Å². The summed E-state index contributed by atoms with van der Waals surface area (Å²) in [6.45, 7) is 10.3. The van der Waals surface area contributed by atoms with Crippen molar-refractivity contribution in [2.24, 2.45) is 0 Å². The number of benzene rings is 3. The molecule has 15 heteroatoms. The molecule has 1 aliphatic rings. The van der Waals surface area contributed by atoms with E-state index in [-0.39, 0.29) is 44.9 Å². The second kappa shape index (κ2) is 21.0. The highest BCUT2D eigenvalue weighted by Crippen LogP contribution is 2.51. The Morgan fingerprint density at radius 3 is 1.97 bits per heavy atom. The predicted molar refractivity (Wildman–Crippen MR) is 220 cm³/mol. The van der Waals surface area contributed by atoms with E-state index in [1.165, 1.54) is 10.8 Å². The fourth-order valence-electron chi connectivity index (χ4n) is 7.09. The first-order chi connectivity index (χ1) is 28.0. The van der Waals surface area contributed by atoms with Gasteiger partial charge in [0.1, 0.15) is 35.4 Å². The Hall–Kier alpha value is -4.42. The lowest BCUT2D eigenvalue weighted by atomic mass is 9.80. The van der Waals surface area contributed by atoms with E-state index < -0.39 is 49.9 Å². The van der Waals surface area contributed by atoms with Gasteiger partial charge in [-0.05, 0) is 75.6 Å². The number of rotatable bonds is 21. The zero-order chi connectivity index (χ0) is 41.8. The van der Waals surface area contributed by atoms with Crippen LogP contribution in [0.2, 0.25) is 0 Å². The van der Waals surface area contributed by atoms with Crippen LogP contribution in [-0.4, -0.2) is 92.4 Å². The smallest absolute Gasteiger partial charge is 0.330 e. The summed E-state index contributed by atoms with van der Waals surface area (Å²) < 4.78 is 54.0. The van der Waals surface area contributed by atoms with Crippen molar-refractivity contribution in [1.29, 1.82) is 5.26 Å². The van der Waals surface area contributed by atoms with Crippen molar-refractivity contribution in [3.8, 4) is 17.6 Å². The van der Waals surface area contributed by atoms with Gasteiger partial charge in [-0.3, -0.25) is 14.3 Å². The Balaban J connectivity index is 1.69. The van der Waals surface area contributed by atoms with Crippen LogP contribution in [0.25, 0.3) is 0 Å². The number of hydrogen-bond donors (Lipinski definition) is 1. The van der Waals surface area contributed by atoms with Gasteiger partial charge in [0, 0.05) is 31.0 Å². The number of aromatic amines is 1. The highest BCUT2D eigenvalue weighted by atomic mass is 31.2. The summed E-state index contributed by atoms with van der Waals surface area (Å²) in [7, 11) is 2.98. The summed E-state index contributed by atoms with van der Waals surface area (Å²) in [5.74, 6) is 1.36. The molecule has 3 aromatic carbocycles. The summed E-state index contributed by atoms with van der Waals surface area (Å²) in [6.07, 6.45) is -2.12. The summed E-state index contributed by atoms with van der Waals surface area (Å²) in [4.78, 5) is 28.5. The first kappa shape index (κ1) is 44.7. The molecule has 0 amide bonds. The number of aryl methyl sites for hydroxylation is 1. The van der Waals surface area contributed by atoms with E-state index >= 15 is 0 Å². The molecule has 14 nitrogen and oxygen atoms in total. The zero-order valence-electron chi connectivity index (χ0n) is 34.5. The standard InChI is InChI=1S/C43H55N4O10P/c1-29(2)47(30(3)4)58(55-24-12-23-44)57-38-37(56-41(39(38)53-26-25-50-6)46-27-31(5)40(48)45-42(46)49)28-54-43(32-13-10-9-11-14-32,33-15-19-35(51-7)20-16-33)34-17-21-36(52-8)22-18-34/h9-11,13-22,27,29-30,37-39,41H,12,24-26,28H2,1-8H3,(H,45,48,49)/t37-,38-,39-,41-,58?/m1/s1. The molecule has 1 fully saturated rings. The molecular weight excluding hydrogens is 763 g/mol. The van der Waals surface area contributed by atoms with Gasteiger partial charge in [-0.25, -0.2) is 9.46 Å². The molecule has 0 bridgehead atoms. The van der Waals surface area contributed by atoms with Crippen LogP contribution in [-0.2, 0) is 33.6 Å². The summed E-state index contributed by atoms with van der Waals surface area (Å²) in [5, 5.41) is 9.42. The van der Waals surface area contributed by atoms with Crippen LogP contribution in [0, 0.1) is 18.3 Å². The number of hydrogen-bond acceptors (Lipinski definition) is 12. The molecule has 0 radical (unpaired) electrons. The van der Waals surface area contributed by atoms with Crippen LogP contribution < -0.4 is 20.7 Å². The van der Waals surface area contributed by atoms with Gasteiger partial charge >= 0.3 is 5.69 Å². The first-order valence-electron chi connectivity index (χ1n) is 19.3. The van der Waals surface area contributed by atoms with Gasteiger partial charge in [0.15, 0.2) is 6.23 Å². The molecule has 1 aromatic heterocycles. The Morgan fingerprint density at radius 1 is 0.845 bits per heavy atom. The van der Waals surface area contributed by atoms with Crippen molar-refractivity contribution in [2.45, 2.75) is 83.3 Å². The molecular formula is C43H55N4O10P. The Kier molecular flexibility index (Phi) is 16.2. The van der Waals surface area contributed by atoms with E-state index in [4.69, 9.17) is 37.5 Å². The van der Waals surface area contributed by atoms with Gasteiger partial charge < -0.3 is 37.5 Å². The molecule has 58 heavy (non-hydrogen) atoms. The van der Waals surface area contributed by atoms with Gasteiger partial charge in [-0.1, -0.05) is 54.6 Å². The number of nitrogens with zero attached hydrogens (tertiary/aromatic N) is 3. The van der Waals surface area contributed by atoms with E-state index in [1.807, 2.05) is 107 Å². The third-order valence-electron chi connectivity index (χ3n) is 9.82. The van der Waals surface area contributed by atoms with Crippen molar-refractivity contribution in [3.05, 3.63) is 128 Å². The quantitative estimate of drug-likeness (QED) is 0.0557. The van der Waals surface area contributed by atoms with Crippen molar-refractivity contribution in [1.82, 2.24) is 14.2 Å². The third-order valence-corrected chi connectivity index (χ3v) is 11.9. The van der Waals surface area contributed by atoms with Crippen LogP contribution in [0.4, 0.5) is 0 Å². The minimum absolute atomic E-state index is 0.00535. The molecule has 1 N–H and O–H groups in total. The fraction of sp³-hybridized carbons (Fsp3) is 0.465. The minimum Gasteiger partial charge on any atom is -0.497 e. The van der Waals surface area contributed by atoms with Crippen LogP contribution in [0.15, 0.2) is 94.6 Å². The molecule has 1 aliphatic heterocycles. The molecule has 0 saturated carbocycles. The normalized spacial score (nSPS) is 18.8. The maximum atomic E-state index is 13.5. The Morgan fingerprint density at radius 2 is 1.43 bits per heavy atom. The predicted octanol–water partition coefficient (Wildman–Crippen LogP) is 6.46. The van der Waals surface area contributed by atoms with E-state index in [2.05, 4.69) is 15.7 Å². The SMILES string of the molecule is COCCO[C@@H]1[C@H](OP(OCCC#N)N(C(C)C)C(C)C)[C@@H](COC(c2ccccc2)(c2ccc(OC)cc2)c2ccc(OC)cc2)O[C@H]1n1cc(C)c(=O)[nH]c1=O. The Bertz CT molecular complexity index is 1980. The van der Waals surface area contributed by atoms with Crippen LogP contribution in [0.5, 0.6) is 11.5 Å². The summed E-state index contributed by atoms with van der Waals surface area (Å²) in [6, 6.07) is 27.4. The largest absolute Gasteiger partial charge is 0.497 e. The molecule has 312 valence electrons. The number of nitriles is 1. The monoisotopic (exact) mass is 818 g/mol. The molecule has 1 unspecified atom stereocenters. The maximum Gasteiger partial charge on any atom is 0.330 e. The van der Waals surface area contributed by atoms with Gasteiger partial charge in [0.25, 0.3) is 14.1 Å². The zero-order valence-corrected chi connectivity index (χ0v) is 35.3. The molecule has 0 spiro atoms. The van der Waals surface area contributed by atoms with Gasteiger partial charge in [-0.15, -0.1) is 0 Å². The molecule has 0 aliphatic carbocycles. The third kappa shape index (κ3) is 10.2. The lowest BCUT2D eigenvalue weighted by Gasteiger charge is -2.39. The molecule has 2 heterocycles. The average molecular weight is 819 g/mol. The summed E-state index contributed by atoms with van der Waals surface area (Å²) >= 11 is 0. The maximum absolute atomic E-state index is 13.5. The topological polar surface area (TPSA) is 156 Å². The van der Waals surface area contributed by atoms with Gasteiger partial charge in [0.2, 0.25) is 0 Å². The fourth-order valence-corrected chi connectivity index (χ4v) is 8.86. The molecule has 4 aromatic rings. The van der Waals surface area contributed by atoms with Crippen molar-refractivity contribution >= 4 is 8.53 Å². The minimum atomic E-state index is -1.82. The number of H-pyrrole nitrogens is 1. The number of nitrogens with one attached hydrogen (secondary N) is 1.